The number of nitrogens with one attached hydrogen (secondary N) is 3. The molecule has 0 aliphatic carbocycles. The van der Waals surface area contributed by atoms with Crippen molar-refractivity contribution in [3.8, 4) is 5.75 Å². The SMILES string of the molecule is Nc1cc(OCc2ccc(C(=O)NCCc3c[nH]cn3)cc2Cl)c2nn[nH]c2n1. The zero-order valence-electron chi connectivity index (χ0n) is 15.1. The summed E-state index contributed by atoms with van der Waals surface area (Å²) < 4.78 is 5.79. The molecule has 10 nitrogen and oxygen atoms in total. The van der Waals surface area contributed by atoms with E-state index in [1.807, 2.05) is 0 Å². The summed E-state index contributed by atoms with van der Waals surface area (Å²) in [5, 5.41) is 13.5. The van der Waals surface area contributed by atoms with Gasteiger partial charge >= 0.3 is 0 Å². The Morgan fingerprint density at radius 1 is 1.31 bits per heavy atom. The van der Waals surface area contributed by atoms with Crippen molar-refractivity contribution in [3.05, 3.63) is 58.6 Å². The van der Waals surface area contributed by atoms with Gasteiger partial charge in [-0.05, 0) is 12.1 Å². The molecule has 29 heavy (non-hydrogen) atoms. The average molecular weight is 413 g/mol. The number of ether oxygens (including phenoxy) is 1. The van der Waals surface area contributed by atoms with Gasteiger partial charge in [0, 0.05) is 41.4 Å². The van der Waals surface area contributed by atoms with Crippen LogP contribution >= 0.6 is 11.6 Å². The Labute approximate surface area is 169 Å². The van der Waals surface area contributed by atoms with Crippen LogP contribution in [0.15, 0.2) is 36.8 Å². The summed E-state index contributed by atoms with van der Waals surface area (Å²) in [5.41, 5.74) is 8.74. The molecule has 0 unspecified atom stereocenters. The van der Waals surface area contributed by atoms with Gasteiger partial charge in [0.05, 0.1) is 12.0 Å². The lowest BCUT2D eigenvalue weighted by Crippen LogP contribution is -2.25. The summed E-state index contributed by atoms with van der Waals surface area (Å²) >= 11 is 6.34. The Morgan fingerprint density at radius 2 is 2.21 bits per heavy atom. The van der Waals surface area contributed by atoms with Gasteiger partial charge < -0.3 is 20.8 Å². The normalized spacial score (nSPS) is 10.9. The summed E-state index contributed by atoms with van der Waals surface area (Å²) in [5.74, 6) is 0.519. The molecule has 4 rings (SSSR count). The summed E-state index contributed by atoms with van der Waals surface area (Å²) in [6.45, 7) is 0.647. The van der Waals surface area contributed by atoms with Crippen molar-refractivity contribution in [2.24, 2.45) is 0 Å². The number of anilines is 1. The highest BCUT2D eigenvalue weighted by Crippen LogP contribution is 2.25. The second-order valence-electron chi connectivity index (χ2n) is 6.22. The van der Waals surface area contributed by atoms with Gasteiger partial charge in [0.25, 0.3) is 5.91 Å². The smallest absolute Gasteiger partial charge is 0.251 e. The molecule has 0 aliphatic heterocycles. The summed E-state index contributed by atoms with van der Waals surface area (Å²) in [6, 6.07) is 6.62. The number of imidazole rings is 1. The van der Waals surface area contributed by atoms with Gasteiger partial charge in [0.2, 0.25) is 0 Å². The van der Waals surface area contributed by atoms with E-state index in [1.54, 1.807) is 36.8 Å². The fourth-order valence-electron chi connectivity index (χ4n) is 2.74. The highest BCUT2D eigenvalue weighted by molar-refractivity contribution is 6.31. The summed E-state index contributed by atoms with van der Waals surface area (Å²) in [4.78, 5) is 23.4. The average Bonchev–Trinajstić information content (AvgIpc) is 3.38. The Bertz CT molecular complexity index is 1140. The van der Waals surface area contributed by atoms with E-state index in [9.17, 15) is 4.79 Å². The molecule has 4 aromatic rings. The maximum atomic E-state index is 12.3. The molecule has 3 heterocycles. The van der Waals surface area contributed by atoms with Crippen LogP contribution < -0.4 is 15.8 Å². The molecular weight excluding hydrogens is 396 g/mol. The third-order valence-corrected chi connectivity index (χ3v) is 4.56. The first-order valence-corrected chi connectivity index (χ1v) is 9.12. The van der Waals surface area contributed by atoms with Gasteiger partial charge in [-0.3, -0.25) is 4.79 Å². The van der Waals surface area contributed by atoms with E-state index in [1.165, 1.54) is 0 Å². The number of hydrogen-bond donors (Lipinski definition) is 4. The van der Waals surface area contributed by atoms with Crippen LogP contribution in [-0.4, -0.2) is 42.8 Å². The number of rotatable bonds is 7. The van der Waals surface area contributed by atoms with Gasteiger partial charge in [-0.1, -0.05) is 22.9 Å². The van der Waals surface area contributed by atoms with Crippen molar-refractivity contribution < 1.29 is 9.53 Å². The molecule has 0 fully saturated rings. The van der Waals surface area contributed by atoms with Crippen LogP contribution in [0.2, 0.25) is 5.02 Å². The molecular formula is C18H17ClN8O2. The first kappa shape index (κ1) is 18.7. The molecule has 1 amide bonds. The number of halogens is 1. The predicted molar refractivity (Wildman–Crippen MR) is 107 cm³/mol. The molecule has 0 aliphatic rings. The number of carbonyl (C=O) groups is 1. The quantitative estimate of drug-likeness (QED) is 0.362. The standard InChI is InChI=1S/C18H17ClN8O2/c19-13-5-10(18(28)22-4-3-12-7-21-9-23-12)1-2-11(13)8-29-14-6-15(20)24-17-16(14)25-27-26-17/h1-2,5-7,9H,3-4,8H2,(H,21,23)(H,22,28)(H3,20,24,25,26,27). The molecule has 0 radical (unpaired) electrons. The minimum Gasteiger partial charge on any atom is -0.486 e. The highest BCUT2D eigenvalue weighted by atomic mass is 35.5. The molecule has 148 valence electrons. The van der Waals surface area contributed by atoms with Gasteiger partial charge in [-0.25, -0.2) is 15.1 Å². The Balaban J connectivity index is 1.39. The summed E-state index contributed by atoms with van der Waals surface area (Å²) in [6.07, 6.45) is 4.03. The maximum absolute atomic E-state index is 12.3. The number of benzene rings is 1. The number of aromatic nitrogens is 6. The number of H-pyrrole nitrogens is 2. The van der Waals surface area contributed by atoms with Crippen LogP contribution in [0, 0.1) is 0 Å². The molecule has 0 bridgehead atoms. The monoisotopic (exact) mass is 412 g/mol. The third kappa shape index (κ3) is 4.27. The number of hydrogen-bond acceptors (Lipinski definition) is 7. The number of aromatic amines is 2. The Kier molecular flexibility index (Phi) is 5.25. The Morgan fingerprint density at radius 3 is 3.00 bits per heavy atom. The molecule has 0 saturated heterocycles. The number of nitrogens with zero attached hydrogens (tertiary/aromatic N) is 4. The second-order valence-corrected chi connectivity index (χ2v) is 6.62. The first-order chi connectivity index (χ1) is 14.1. The van der Waals surface area contributed by atoms with Gasteiger partial charge in [0.15, 0.2) is 16.9 Å². The van der Waals surface area contributed by atoms with Crippen molar-refractivity contribution >= 4 is 34.5 Å². The first-order valence-electron chi connectivity index (χ1n) is 8.74. The molecule has 0 saturated carbocycles. The van der Waals surface area contributed by atoms with Crippen LogP contribution in [0.1, 0.15) is 21.6 Å². The molecule has 1 aromatic carbocycles. The second kappa shape index (κ2) is 8.15. The zero-order chi connectivity index (χ0) is 20.2. The molecule has 3 aromatic heterocycles. The molecule has 0 atom stereocenters. The zero-order valence-corrected chi connectivity index (χ0v) is 15.9. The maximum Gasteiger partial charge on any atom is 0.251 e. The van der Waals surface area contributed by atoms with Crippen molar-refractivity contribution in [2.45, 2.75) is 13.0 Å². The van der Waals surface area contributed by atoms with Crippen molar-refractivity contribution in [2.75, 3.05) is 12.3 Å². The minimum absolute atomic E-state index is 0.172. The van der Waals surface area contributed by atoms with E-state index in [0.717, 1.165) is 5.69 Å². The van der Waals surface area contributed by atoms with Crippen LogP contribution in [0.25, 0.3) is 11.2 Å². The van der Waals surface area contributed by atoms with E-state index in [0.29, 0.717) is 46.0 Å². The molecule has 0 spiro atoms. The van der Waals surface area contributed by atoms with Crippen LogP contribution in [0.5, 0.6) is 5.75 Å². The topological polar surface area (TPSA) is 147 Å². The van der Waals surface area contributed by atoms with E-state index >= 15 is 0 Å². The van der Waals surface area contributed by atoms with E-state index < -0.39 is 0 Å². The number of fused-ring (bicyclic) bond motifs is 1. The Hall–Kier alpha value is -3.66. The number of amides is 1. The van der Waals surface area contributed by atoms with Crippen molar-refractivity contribution in [1.82, 2.24) is 35.7 Å². The highest BCUT2D eigenvalue weighted by Gasteiger charge is 2.12. The number of carbonyl (C=O) groups excluding carboxylic acids is 1. The van der Waals surface area contributed by atoms with Crippen molar-refractivity contribution in [3.63, 3.8) is 0 Å². The van der Waals surface area contributed by atoms with Crippen LogP contribution in [-0.2, 0) is 13.0 Å². The predicted octanol–water partition coefficient (Wildman–Crippen LogP) is 1.86. The fraction of sp³-hybridized carbons (Fsp3) is 0.167. The summed E-state index contributed by atoms with van der Waals surface area (Å²) in [7, 11) is 0. The lowest BCUT2D eigenvalue weighted by atomic mass is 10.1. The third-order valence-electron chi connectivity index (χ3n) is 4.20. The van der Waals surface area contributed by atoms with Crippen molar-refractivity contribution in [1.29, 1.82) is 0 Å². The van der Waals surface area contributed by atoms with Gasteiger partial charge in [0.1, 0.15) is 12.4 Å². The van der Waals surface area contributed by atoms with Crippen LogP contribution in [0.3, 0.4) is 0 Å². The molecule has 5 N–H and O–H groups in total. The fourth-order valence-corrected chi connectivity index (χ4v) is 2.97. The van der Waals surface area contributed by atoms with Gasteiger partial charge in [-0.2, -0.15) is 0 Å². The van der Waals surface area contributed by atoms with Crippen LogP contribution in [0.4, 0.5) is 5.82 Å². The number of nitrogen functional groups attached to an aromatic ring is 1. The number of nitrogens with two attached hydrogens (primary N) is 1. The number of pyridine rings is 1. The molecule has 11 heteroatoms. The van der Waals surface area contributed by atoms with E-state index in [4.69, 9.17) is 22.1 Å². The lowest BCUT2D eigenvalue weighted by molar-refractivity contribution is 0.0954. The largest absolute Gasteiger partial charge is 0.486 e. The minimum atomic E-state index is -0.207. The van der Waals surface area contributed by atoms with Gasteiger partial charge in [-0.15, -0.1) is 5.10 Å². The lowest BCUT2D eigenvalue weighted by Gasteiger charge is -2.10. The van der Waals surface area contributed by atoms with E-state index in [-0.39, 0.29) is 18.3 Å². The van der Waals surface area contributed by atoms with E-state index in [2.05, 4.69) is 35.7 Å².